The van der Waals surface area contributed by atoms with Crippen LogP contribution in [0.15, 0.2) is 12.1 Å². The zero-order valence-electron chi connectivity index (χ0n) is 9.93. The second kappa shape index (κ2) is 4.67. The minimum absolute atomic E-state index is 0.156. The van der Waals surface area contributed by atoms with Gasteiger partial charge < -0.3 is 10.2 Å². The number of rotatable bonds is 2. The Morgan fingerprint density at radius 2 is 2.06 bits per heavy atom. The Morgan fingerprint density at radius 3 is 2.72 bits per heavy atom. The van der Waals surface area contributed by atoms with Crippen LogP contribution < -0.4 is 10.2 Å². The van der Waals surface area contributed by atoms with Crippen LogP contribution in [0.2, 0.25) is 5.02 Å². The van der Waals surface area contributed by atoms with Crippen molar-refractivity contribution in [3.63, 3.8) is 0 Å². The Kier molecular flexibility index (Phi) is 3.16. The highest BCUT2D eigenvalue weighted by Gasteiger charge is 2.35. The third-order valence-corrected chi connectivity index (χ3v) is 3.98. The topological polar surface area (TPSA) is 15.3 Å². The second-order valence-electron chi connectivity index (χ2n) is 5.06. The Hall–Kier alpha value is -0.870. The molecule has 18 heavy (non-hydrogen) atoms. The van der Waals surface area contributed by atoms with Gasteiger partial charge in [-0.15, -0.1) is 0 Å². The van der Waals surface area contributed by atoms with E-state index in [9.17, 15) is 8.78 Å². The summed E-state index contributed by atoms with van der Waals surface area (Å²) in [5, 5.41) is 3.61. The summed E-state index contributed by atoms with van der Waals surface area (Å²) in [5.74, 6) is -0.498. The van der Waals surface area contributed by atoms with Gasteiger partial charge in [0.1, 0.15) is 5.82 Å². The Balaban J connectivity index is 1.85. The number of nitrogens with one attached hydrogen (secondary N) is 1. The molecule has 1 aliphatic carbocycles. The van der Waals surface area contributed by atoms with E-state index in [0.717, 1.165) is 19.2 Å². The lowest BCUT2D eigenvalue weighted by Gasteiger charge is -2.36. The summed E-state index contributed by atoms with van der Waals surface area (Å²) in [6, 6.07) is 2.48. The zero-order chi connectivity index (χ0) is 12.7. The van der Waals surface area contributed by atoms with Crippen molar-refractivity contribution in [3.05, 3.63) is 28.8 Å². The van der Waals surface area contributed by atoms with Crippen LogP contribution in [0.1, 0.15) is 12.8 Å². The number of anilines is 1. The van der Waals surface area contributed by atoms with Gasteiger partial charge in [0.15, 0.2) is 5.82 Å². The van der Waals surface area contributed by atoms with E-state index in [1.54, 1.807) is 0 Å². The average molecular weight is 273 g/mol. The predicted octanol–water partition coefficient (Wildman–Crippen LogP) is 2.81. The molecule has 0 radical (unpaired) electrons. The van der Waals surface area contributed by atoms with E-state index in [1.165, 1.54) is 18.9 Å². The smallest absolute Gasteiger partial charge is 0.150 e. The quantitative estimate of drug-likeness (QED) is 0.891. The molecule has 1 aliphatic heterocycles. The fourth-order valence-corrected chi connectivity index (χ4v) is 2.95. The molecule has 1 N–H and O–H groups in total. The molecule has 0 bridgehead atoms. The molecular formula is C13H15ClF2N2. The number of nitrogens with zero attached hydrogens (tertiary/aromatic N) is 1. The van der Waals surface area contributed by atoms with Crippen LogP contribution in [0.4, 0.5) is 14.5 Å². The maximum absolute atomic E-state index is 13.9. The number of benzene rings is 1. The van der Waals surface area contributed by atoms with E-state index in [4.69, 9.17) is 11.6 Å². The van der Waals surface area contributed by atoms with Crippen molar-refractivity contribution in [1.82, 2.24) is 5.32 Å². The molecule has 3 rings (SSSR count). The Bertz CT molecular complexity index is 439. The molecular weight excluding hydrogens is 258 g/mol. The Morgan fingerprint density at radius 1 is 1.28 bits per heavy atom. The predicted molar refractivity (Wildman–Crippen MR) is 68.1 cm³/mol. The van der Waals surface area contributed by atoms with Gasteiger partial charge in [-0.1, -0.05) is 11.6 Å². The van der Waals surface area contributed by atoms with E-state index in [-0.39, 0.29) is 5.02 Å². The third kappa shape index (κ3) is 2.31. The highest BCUT2D eigenvalue weighted by atomic mass is 35.5. The lowest BCUT2D eigenvalue weighted by Crippen LogP contribution is -2.52. The highest BCUT2D eigenvalue weighted by molar-refractivity contribution is 6.33. The highest BCUT2D eigenvalue weighted by Crippen LogP contribution is 2.36. The van der Waals surface area contributed by atoms with Gasteiger partial charge in [0.05, 0.1) is 10.7 Å². The van der Waals surface area contributed by atoms with Gasteiger partial charge in [-0.3, -0.25) is 0 Å². The van der Waals surface area contributed by atoms with Crippen molar-refractivity contribution >= 4 is 17.3 Å². The number of halogens is 3. The molecule has 0 spiro atoms. The average Bonchev–Trinajstić information content (AvgIpc) is 3.11. The molecule has 0 amide bonds. The van der Waals surface area contributed by atoms with E-state index in [1.807, 2.05) is 4.90 Å². The van der Waals surface area contributed by atoms with E-state index in [0.29, 0.717) is 24.2 Å². The first-order chi connectivity index (χ1) is 8.65. The van der Waals surface area contributed by atoms with Crippen LogP contribution >= 0.6 is 11.6 Å². The molecule has 2 fully saturated rings. The maximum Gasteiger partial charge on any atom is 0.150 e. The maximum atomic E-state index is 13.9. The molecule has 1 saturated heterocycles. The van der Waals surface area contributed by atoms with Crippen molar-refractivity contribution in [3.8, 4) is 0 Å². The lowest BCUT2D eigenvalue weighted by atomic mass is 10.1. The monoisotopic (exact) mass is 272 g/mol. The van der Waals surface area contributed by atoms with Gasteiger partial charge in [-0.2, -0.15) is 0 Å². The first-order valence-corrected chi connectivity index (χ1v) is 6.66. The minimum Gasteiger partial charge on any atom is -0.365 e. The van der Waals surface area contributed by atoms with Crippen molar-refractivity contribution in [2.24, 2.45) is 5.92 Å². The van der Waals surface area contributed by atoms with Crippen LogP contribution in [0, 0.1) is 17.6 Å². The molecule has 1 unspecified atom stereocenters. The van der Waals surface area contributed by atoms with Gasteiger partial charge in [0.2, 0.25) is 0 Å². The summed E-state index contributed by atoms with van der Waals surface area (Å²) in [6.45, 7) is 2.26. The molecule has 1 aromatic rings. The molecule has 2 nitrogen and oxygen atoms in total. The van der Waals surface area contributed by atoms with E-state index >= 15 is 0 Å². The van der Waals surface area contributed by atoms with Gasteiger partial charge in [-0.25, -0.2) is 8.78 Å². The molecule has 2 aliphatic rings. The number of hydrogen-bond acceptors (Lipinski definition) is 2. The van der Waals surface area contributed by atoms with E-state index in [2.05, 4.69) is 5.32 Å². The summed E-state index contributed by atoms with van der Waals surface area (Å²) in [7, 11) is 0. The second-order valence-corrected chi connectivity index (χ2v) is 5.47. The molecule has 0 aromatic heterocycles. The molecule has 1 aromatic carbocycles. The first-order valence-electron chi connectivity index (χ1n) is 6.28. The largest absolute Gasteiger partial charge is 0.365 e. The summed E-state index contributed by atoms with van der Waals surface area (Å²) in [6.07, 6.45) is 2.48. The van der Waals surface area contributed by atoms with Crippen LogP contribution in [-0.2, 0) is 0 Å². The van der Waals surface area contributed by atoms with Gasteiger partial charge in [0, 0.05) is 31.7 Å². The standard InChI is InChI=1S/C13H15ClF2N2/c14-10-5-9(15)6-11(16)13(10)18-4-3-17-12(7-18)8-1-2-8/h5-6,8,12,17H,1-4,7H2. The molecule has 5 heteroatoms. The van der Waals surface area contributed by atoms with Gasteiger partial charge in [0.25, 0.3) is 0 Å². The van der Waals surface area contributed by atoms with E-state index < -0.39 is 11.6 Å². The molecule has 98 valence electrons. The van der Waals surface area contributed by atoms with Crippen molar-refractivity contribution in [2.45, 2.75) is 18.9 Å². The van der Waals surface area contributed by atoms with Crippen LogP contribution in [0.25, 0.3) is 0 Å². The fourth-order valence-electron chi connectivity index (χ4n) is 2.63. The van der Waals surface area contributed by atoms with Crippen molar-refractivity contribution < 1.29 is 8.78 Å². The summed E-state index contributed by atoms with van der Waals surface area (Å²) in [4.78, 5) is 1.93. The Labute approximate surface area is 110 Å². The summed E-state index contributed by atoms with van der Waals surface area (Å²) < 4.78 is 26.9. The van der Waals surface area contributed by atoms with Gasteiger partial charge in [-0.05, 0) is 24.8 Å². The number of piperazine rings is 1. The summed E-state index contributed by atoms with van der Waals surface area (Å²) >= 11 is 5.97. The minimum atomic E-state index is -0.630. The third-order valence-electron chi connectivity index (χ3n) is 3.69. The van der Waals surface area contributed by atoms with Crippen molar-refractivity contribution in [2.75, 3.05) is 24.5 Å². The van der Waals surface area contributed by atoms with Gasteiger partial charge >= 0.3 is 0 Å². The van der Waals surface area contributed by atoms with Crippen molar-refractivity contribution in [1.29, 1.82) is 0 Å². The SMILES string of the molecule is Fc1cc(F)c(N2CCNC(C3CC3)C2)c(Cl)c1. The van der Waals surface area contributed by atoms with Crippen LogP contribution in [0.3, 0.4) is 0 Å². The molecule has 1 atom stereocenters. The first kappa shape index (κ1) is 12.2. The molecule has 1 heterocycles. The van der Waals surface area contributed by atoms with Crippen LogP contribution in [0.5, 0.6) is 0 Å². The number of hydrogen-bond donors (Lipinski definition) is 1. The van der Waals surface area contributed by atoms with Crippen LogP contribution in [-0.4, -0.2) is 25.7 Å². The summed E-state index contributed by atoms with van der Waals surface area (Å²) in [5.41, 5.74) is 0.338. The lowest BCUT2D eigenvalue weighted by molar-refractivity contribution is 0.415. The molecule has 1 saturated carbocycles. The normalized spacial score (nSPS) is 24.4. The zero-order valence-corrected chi connectivity index (χ0v) is 10.7. The fraction of sp³-hybridized carbons (Fsp3) is 0.538.